The van der Waals surface area contributed by atoms with Crippen molar-refractivity contribution in [1.29, 1.82) is 0 Å². The van der Waals surface area contributed by atoms with E-state index < -0.39 is 0 Å². The summed E-state index contributed by atoms with van der Waals surface area (Å²) in [5.41, 5.74) is 0.851. The lowest BCUT2D eigenvalue weighted by Gasteiger charge is -2.19. The van der Waals surface area contributed by atoms with Crippen molar-refractivity contribution in [2.75, 3.05) is 14.1 Å². The number of hydrogen-bond donors (Lipinski definition) is 0. The van der Waals surface area contributed by atoms with Gasteiger partial charge in [0, 0.05) is 5.02 Å². The zero-order valence-corrected chi connectivity index (χ0v) is 8.45. The minimum Gasteiger partial charge on any atom is -0.301 e. The quantitative estimate of drug-likeness (QED) is 0.692. The number of hydrogen-bond acceptors (Lipinski definition) is 2. The van der Waals surface area contributed by atoms with Crippen molar-refractivity contribution in [2.45, 2.75) is 6.04 Å². The Hall–Kier alpha value is -0.860. The third-order valence-electron chi connectivity index (χ3n) is 1.91. The van der Waals surface area contributed by atoms with Crippen LogP contribution in [0.3, 0.4) is 0 Å². The first-order valence-corrected chi connectivity index (χ1v) is 4.40. The molecule has 1 aromatic rings. The first-order chi connectivity index (χ1) is 6.16. The number of likely N-dealkylation sites (N-methyl/N-ethyl adjacent to an activating group) is 1. The van der Waals surface area contributed by atoms with Crippen molar-refractivity contribution in [3.8, 4) is 0 Å². The van der Waals surface area contributed by atoms with Crippen LogP contribution in [0.15, 0.2) is 24.3 Å². The van der Waals surface area contributed by atoms with E-state index in [2.05, 4.69) is 0 Å². The standard InChI is InChI=1S/C10H12ClNO/c1-12(2)10(7-13)8-5-3-4-6-9(8)11/h3-7,10H,1-2H3/t10-/m0/s1. The number of benzene rings is 1. The number of carbonyl (C=O) groups excluding carboxylic acids is 1. The molecular formula is C10H12ClNO. The monoisotopic (exact) mass is 197 g/mol. The predicted molar refractivity (Wildman–Crippen MR) is 53.9 cm³/mol. The summed E-state index contributed by atoms with van der Waals surface area (Å²) in [6.45, 7) is 0. The number of rotatable bonds is 3. The zero-order chi connectivity index (χ0) is 9.84. The van der Waals surface area contributed by atoms with E-state index in [0.717, 1.165) is 11.8 Å². The normalized spacial score (nSPS) is 12.9. The maximum atomic E-state index is 10.8. The third-order valence-corrected chi connectivity index (χ3v) is 2.25. The van der Waals surface area contributed by atoms with E-state index >= 15 is 0 Å². The van der Waals surface area contributed by atoms with Crippen molar-refractivity contribution >= 4 is 17.9 Å². The Morgan fingerprint density at radius 2 is 2.00 bits per heavy atom. The van der Waals surface area contributed by atoms with Gasteiger partial charge in [0.1, 0.15) is 6.29 Å². The molecule has 1 rings (SSSR count). The molecule has 13 heavy (non-hydrogen) atoms. The van der Waals surface area contributed by atoms with Crippen LogP contribution in [0.4, 0.5) is 0 Å². The SMILES string of the molecule is CN(C)[C@@H](C=O)c1ccccc1Cl. The number of halogens is 1. The summed E-state index contributed by atoms with van der Waals surface area (Å²) < 4.78 is 0. The molecular weight excluding hydrogens is 186 g/mol. The molecule has 2 nitrogen and oxygen atoms in total. The van der Waals surface area contributed by atoms with Gasteiger partial charge in [-0.1, -0.05) is 29.8 Å². The summed E-state index contributed by atoms with van der Waals surface area (Å²) in [7, 11) is 3.70. The molecule has 1 atom stereocenters. The molecule has 0 radical (unpaired) electrons. The molecule has 1 aromatic carbocycles. The molecule has 0 bridgehead atoms. The van der Waals surface area contributed by atoms with Gasteiger partial charge >= 0.3 is 0 Å². The number of aldehydes is 1. The molecule has 0 aromatic heterocycles. The predicted octanol–water partition coefficient (Wildman–Crippen LogP) is 2.14. The van der Waals surface area contributed by atoms with E-state index in [1.165, 1.54) is 0 Å². The Morgan fingerprint density at radius 3 is 2.46 bits per heavy atom. The Balaban J connectivity index is 3.04. The van der Waals surface area contributed by atoms with Crippen LogP contribution in [0, 0.1) is 0 Å². The topological polar surface area (TPSA) is 20.3 Å². The van der Waals surface area contributed by atoms with Gasteiger partial charge in [-0.3, -0.25) is 4.90 Å². The summed E-state index contributed by atoms with van der Waals surface area (Å²) in [5.74, 6) is 0. The molecule has 0 saturated carbocycles. The highest BCUT2D eigenvalue weighted by molar-refractivity contribution is 6.31. The van der Waals surface area contributed by atoms with Crippen LogP contribution >= 0.6 is 11.6 Å². The highest BCUT2D eigenvalue weighted by atomic mass is 35.5. The Kier molecular flexibility index (Phi) is 3.46. The van der Waals surface area contributed by atoms with Crippen LogP contribution < -0.4 is 0 Å². The fourth-order valence-electron chi connectivity index (χ4n) is 1.19. The summed E-state index contributed by atoms with van der Waals surface area (Å²) in [5, 5.41) is 0.633. The molecule has 0 heterocycles. The van der Waals surface area contributed by atoms with Gasteiger partial charge in [0.05, 0.1) is 6.04 Å². The highest BCUT2D eigenvalue weighted by Gasteiger charge is 2.14. The minimum absolute atomic E-state index is 0.256. The van der Waals surface area contributed by atoms with Gasteiger partial charge in [-0.05, 0) is 25.7 Å². The molecule has 0 aliphatic carbocycles. The summed E-state index contributed by atoms with van der Waals surface area (Å²) in [4.78, 5) is 12.6. The molecule has 0 amide bonds. The van der Waals surface area contributed by atoms with Crippen molar-refractivity contribution < 1.29 is 4.79 Å². The van der Waals surface area contributed by atoms with E-state index in [9.17, 15) is 4.79 Å². The molecule has 0 fully saturated rings. The Morgan fingerprint density at radius 1 is 1.38 bits per heavy atom. The van der Waals surface area contributed by atoms with Crippen molar-refractivity contribution in [2.24, 2.45) is 0 Å². The molecule has 70 valence electrons. The lowest BCUT2D eigenvalue weighted by atomic mass is 10.1. The van der Waals surface area contributed by atoms with Gasteiger partial charge in [0.2, 0.25) is 0 Å². The third kappa shape index (κ3) is 2.29. The van der Waals surface area contributed by atoms with Crippen LogP contribution in [0.5, 0.6) is 0 Å². The second-order valence-electron chi connectivity index (χ2n) is 3.07. The van der Waals surface area contributed by atoms with E-state index in [-0.39, 0.29) is 6.04 Å². The fourth-order valence-corrected chi connectivity index (χ4v) is 1.44. The molecule has 0 saturated heterocycles. The van der Waals surface area contributed by atoms with Crippen LogP contribution in [0.25, 0.3) is 0 Å². The largest absolute Gasteiger partial charge is 0.301 e. The molecule has 0 spiro atoms. The average molecular weight is 198 g/mol. The minimum atomic E-state index is -0.256. The maximum Gasteiger partial charge on any atom is 0.141 e. The zero-order valence-electron chi connectivity index (χ0n) is 7.70. The van der Waals surface area contributed by atoms with Crippen LogP contribution in [0.1, 0.15) is 11.6 Å². The first kappa shape index (κ1) is 10.2. The number of carbonyl (C=O) groups is 1. The van der Waals surface area contributed by atoms with Crippen LogP contribution in [-0.4, -0.2) is 25.3 Å². The van der Waals surface area contributed by atoms with Gasteiger partial charge < -0.3 is 4.79 Å². The maximum absolute atomic E-state index is 10.8. The smallest absolute Gasteiger partial charge is 0.141 e. The molecule has 0 aliphatic heterocycles. The summed E-state index contributed by atoms with van der Waals surface area (Å²) >= 11 is 5.96. The fraction of sp³-hybridized carbons (Fsp3) is 0.300. The summed E-state index contributed by atoms with van der Waals surface area (Å²) in [6.07, 6.45) is 0.890. The molecule has 0 N–H and O–H groups in total. The Bertz CT molecular complexity index is 299. The summed E-state index contributed by atoms with van der Waals surface area (Å²) in [6, 6.07) is 7.12. The van der Waals surface area contributed by atoms with Crippen LogP contribution in [-0.2, 0) is 4.79 Å². The highest BCUT2D eigenvalue weighted by Crippen LogP contribution is 2.23. The molecule has 0 unspecified atom stereocenters. The lowest BCUT2D eigenvalue weighted by molar-refractivity contribution is -0.111. The first-order valence-electron chi connectivity index (χ1n) is 4.03. The van der Waals surface area contributed by atoms with Gasteiger partial charge in [-0.2, -0.15) is 0 Å². The van der Waals surface area contributed by atoms with E-state index in [4.69, 9.17) is 11.6 Å². The van der Waals surface area contributed by atoms with Crippen molar-refractivity contribution in [3.05, 3.63) is 34.9 Å². The van der Waals surface area contributed by atoms with Gasteiger partial charge in [0.25, 0.3) is 0 Å². The van der Waals surface area contributed by atoms with Gasteiger partial charge in [-0.25, -0.2) is 0 Å². The Labute approximate surface area is 83.1 Å². The van der Waals surface area contributed by atoms with E-state index in [1.807, 2.05) is 37.2 Å². The van der Waals surface area contributed by atoms with Crippen molar-refractivity contribution in [1.82, 2.24) is 4.90 Å². The second kappa shape index (κ2) is 4.40. The molecule has 0 aliphatic rings. The number of nitrogens with zero attached hydrogens (tertiary/aromatic N) is 1. The lowest BCUT2D eigenvalue weighted by Crippen LogP contribution is -2.21. The van der Waals surface area contributed by atoms with Crippen molar-refractivity contribution in [3.63, 3.8) is 0 Å². The molecule has 3 heteroatoms. The second-order valence-corrected chi connectivity index (χ2v) is 3.47. The average Bonchev–Trinajstić information content (AvgIpc) is 2.09. The van der Waals surface area contributed by atoms with Gasteiger partial charge in [0.15, 0.2) is 0 Å². The van der Waals surface area contributed by atoms with E-state index in [0.29, 0.717) is 5.02 Å². The van der Waals surface area contributed by atoms with Crippen LogP contribution in [0.2, 0.25) is 5.02 Å². The van der Waals surface area contributed by atoms with Gasteiger partial charge in [-0.15, -0.1) is 0 Å². The van der Waals surface area contributed by atoms with E-state index in [1.54, 1.807) is 6.07 Å².